The molecule has 2 unspecified atom stereocenters. The van der Waals surface area contributed by atoms with E-state index in [0.717, 1.165) is 18.8 Å². The number of H-pyrrole nitrogens is 1. The summed E-state index contributed by atoms with van der Waals surface area (Å²) in [5.74, 6) is 1.20. The number of imidazole rings is 1. The zero-order valence-electron chi connectivity index (χ0n) is 9.31. The first kappa shape index (κ1) is 11.6. The summed E-state index contributed by atoms with van der Waals surface area (Å²) >= 11 is 0. The summed E-state index contributed by atoms with van der Waals surface area (Å²) in [6.07, 6.45) is 6.13. The van der Waals surface area contributed by atoms with Crippen LogP contribution in [-0.4, -0.2) is 24.9 Å². The zero-order chi connectivity index (χ0) is 11.6. The Morgan fingerprint density at radius 2 is 2.38 bits per heavy atom. The van der Waals surface area contributed by atoms with E-state index in [4.69, 9.17) is 0 Å². The molecule has 2 atom stereocenters. The van der Waals surface area contributed by atoms with Crippen LogP contribution in [0, 0.1) is 11.8 Å². The number of sulfonamides is 1. The average molecular weight is 243 g/mol. The van der Waals surface area contributed by atoms with Gasteiger partial charge in [-0.1, -0.05) is 13.3 Å². The molecule has 1 fully saturated rings. The molecule has 1 heterocycles. The maximum atomic E-state index is 11.7. The molecule has 90 valence electrons. The van der Waals surface area contributed by atoms with Gasteiger partial charge in [-0.05, 0) is 24.7 Å². The molecule has 0 aliphatic heterocycles. The van der Waals surface area contributed by atoms with Gasteiger partial charge in [0.15, 0.2) is 5.03 Å². The monoisotopic (exact) mass is 243 g/mol. The highest BCUT2D eigenvalue weighted by Gasteiger charge is 2.23. The maximum Gasteiger partial charge on any atom is 0.257 e. The van der Waals surface area contributed by atoms with Crippen molar-refractivity contribution < 1.29 is 8.42 Å². The van der Waals surface area contributed by atoms with Crippen molar-refractivity contribution in [3.8, 4) is 0 Å². The van der Waals surface area contributed by atoms with Crippen LogP contribution >= 0.6 is 0 Å². The molecule has 1 aromatic rings. The SMILES string of the molecule is CC1CCC(CNS(=O)(=O)c2cnc[nH]2)C1. The molecule has 0 aromatic carbocycles. The van der Waals surface area contributed by atoms with Crippen LogP contribution in [0.2, 0.25) is 0 Å². The lowest BCUT2D eigenvalue weighted by Gasteiger charge is -2.10. The Hall–Kier alpha value is -0.880. The van der Waals surface area contributed by atoms with Crippen molar-refractivity contribution in [3.05, 3.63) is 12.5 Å². The first-order valence-electron chi connectivity index (χ1n) is 5.56. The molecule has 2 N–H and O–H groups in total. The summed E-state index contributed by atoms with van der Waals surface area (Å²) in [5, 5.41) is 0.138. The first-order valence-corrected chi connectivity index (χ1v) is 7.04. The molecule has 0 amide bonds. The van der Waals surface area contributed by atoms with E-state index < -0.39 is 10.0 Å². The largest absolute Gasteiger partial charge is 0.335 e. The Morgan fingerprint density at radius 1 is 1.56 bits per heavy atom. The summed E-state index contributed by atoms with van der Waals surface area (Å²) in [5.41, 5.74) is 0. The van der Waals surface area contributed by atoms with Crippen molar-refractivity contribution >= 4 is 10.0 Å². The molecule has 0 saturated heterocycles. The summed E-state index contributed by atoms with van der Waals surface area (Å²) in [4.78, 5) is 6.31. The molecule has 1 saturated carbocycles. The van der Waals surface area contributed by atoms with Gasteiger partial charge in [0.05, 0.1) is 12.5 Å². The molecular formula is C10H17N3O2S. The van der Waals surface area contributed by atoms with Crippen LogP contribution < -0.4 is 4.72 Å². The normalized spacial score (nSPS) is 26.1. The van der Waals surface area contributed by atoms with Crippen molar-refractivity contribution in [3.63, 3.8) is 0 Å². The molecule has 1 aliphatic rings. The van der Waals surface area contributed by atoms with Crippen LogP contribution in [0.4, 0.5) is 0 Å². The van der Waals surface area contributed by atoms with Crippen LogP contribution in [-0.2, 0) is 10.0 Å². The summed E-state index contributed by atoms with van der Waals surface area (Å²) in [7, 11) is -3.39. The lowest BCUT2D eigenvalue weighted by Crippen LogP contribution is -2.28. The fraction of sp³-hybridized carbons (Fsp3) is 0.700. The minimum atomic E-state index is -3.39. The standard InChI is InChI=1S/C10H17N3O2S/c1-8-2-3-9(4-8)5-13-16(14,15)10-6-11-7-12-10/h6-9,13H,2-5H2,1H3,(H,11,12). The molecule has 0 spiro atoms. The van der Waals surface area contributed by atoms with Crippen LogP contribution in [0.1, 0.15) is 26.2 Å². The van der Waals surface area contributed by atoms with Gasteiger partial charge in [-0.3, -0.25) is 0 Å². The van der Waals surface area contributed by atoms with E-state index in [1.807, 2.05) is 0 Å². The summed E-state index contributed by atoms with van der Waals surface area (Å²) in [6, 6.07) is 0. The highest BCUT2D eigenvalue weighted by Crippen LogP contribution is 2.29. The smallest absolute Gasteiger partial charge is 0.257 e. The molecule has 1 aliphatic carbocycles. The van der Waals surface area contributed by atoms with Gasteiger partial charge < -0.3 is 4.98 Å². The minimum Gasteiger partial charge on any atom is -0.335 e. The van der Waals surface area contributed by atoms with Crippen LogP contribution in [0.25, 0.3) is 0 Å². The number of nitrogens with zero attached hydrogens (tertiary/aromatic N) is 1. The van der Waals surface area contributed by atoms with E-state index in [-0.39, 0.29) is 5.03 Å². The van der Waals surface area contributed by atoms with E-state index in [2.05, 4.69) is 21.6 Å². The molecule has 0 bridgehead atoms. The molecule has 5 nitrogen and oxygen atoms in total. The van der Waals surface area contributed by atoms with E-state index in [1.165, 1.54) is 18.9 Å². The van der Waals surface area contributed by atoms with Gasteiger partial charge in [-0.25, -0.2) is 18.1 Å². The van der Waals surface area contributed by atoms with Crippen molar-refractivity contribution in [2.75, 3.05) is 6.54 Å². The summed E-state index contributed by atoms with van der Waals surface area (Å²) in [6.45, 7) is 2.75. The Kier molecular flexibility index (Phi) is 3.30. The first-order chi connectivity index (χ1) is 7.58. The molecule has 6 heteroatoms. The van der Waals surface area contributed by atoms with E-state index in [0.29, 0.717) is 12.5 Å². The van der Waals surface area contributed by atoms with Crippen molar-refractivity contribution in [2.24, 2.45) is 11.8 Å². The van der Waals surface area contributed by atoms with Crippen molar-refractivity contribution in [1.82, 2.24) is 14.7 Å². The molecule has 0 radical (unpaired) electrons. The second-order valence-electron chi connectivity index (χ2n) is 4.55. The van der Waals surface area contributed by atoms with Crippen molar-refractivity contribution in [2.45, 2.75) is 31.2 Å². The van der Waals surface area contributed by atoms with Gasteiger partial charge >= 0.3 is 0 Å². The minimum absolute atomic E-state index is 0.138. The quantitative estimate of drug-likeness (QED) is 0.832. The van der Waals surface area contributed by atoms with Crippen LogP contribution in [0.5, 0.6) is 0 Å². The third-order valence-corrected chi connectivity index (χ3v) is 4.48. The van der Waals surface area contributed by atoms with Gasteiger partial charge in [-0.15, -0.1) is 0 Å². The lowest BCUT2D eigenvalue weighted by molar-refractivity contribution is 0.497. The van der Waals surface area contributed by atoms with E-state index >= 15 is 0 Å². The highest BCUT2D eigenvalue weighted by atomic mass is 32.2. The van der Waals surface area contributed by atoms with E-state index in [1.54, 1.807) is 0 Å². The molecule has 1 aromatic heterocycles. The number of nitrogens with one attached hydrogen (secondary N) is 2. The third-order valence-electron chi connectivity index (χ3n) is 3.13. The second kappa shape index (κ2) is 4.55. The van der Waals surface area contributed by atoms with Gasteiger partial charge in [0.2, 0.25) is 0 Å². The molecule has 2 rings (SSSR count). The predicted molar refractivity (Wildman–Crippen MR) is 60.3 cm³/mol. The fourth-order valence-electron chi connectivity index (χ4n) is 2.21. The number of aromatic amines is 1. The van der Waals surface area contributed by atoms with Crippen molar-refractivity contribution in [1.29, 1.82) is 0 Å². The topological polar surface area (TPSA) is 74.8 Å². The Bertz CT molecular complexity index is 427. The number of hydrogen-bond donors (Lipinski definition) is 2. The fourth-order valence-corrected chi connectivity index (χ4v) is 3.22. The highest BCUT2D eigenvalue weighted by molar-refractivity contribution is 7.89. The van der Waals surface area contributed by atoms with Crippen LogP contribution in [0.15, 0.2) is 17.6 Å². The average Bonchev–Trinajstić information content (AvgIpc) is 2.85. The second-order valence-corrected chi connectivity index (χ2v) is 6.29. The Balaban J connectivity index is 1.91. The molecular weight excluding hydrogens is 226 g/mol. The Labute approximate surface area is 95.7 Å². The Morgan fingerprint density at radius 3 is 2.94 bits per heavy atom. The summed E-state index contributed by atoms with van der Waals surface area (Å²) < 4.78 is 26.1. The van der Waals surface area contributed by atoms with Crippen LogP contribution in [0.3, 0.4) is 0 Å². The van der Waals surface area contributed by atoms with Gasteiger partial charge in [0.1, 0.15) is 0 Å². The number of rotatable bonds is 4. The number of aromatic nitrogens is 2. The van der Waals surface area contributed by atoms with E-state index in [9.17, 15) is 8.42 Å². The maximum absolute atomic E-state index is 11.7. The van der Waals surface area contributed by atoms with Gasteiger partial charge in [0.25, 0.3) is 10.0 Å². The number of hydrogen-bond acceptors (Lipinski definition) is 3. The molecule has 16 heavy (non-hydrogen) atoms. The lowest BCUT2D eigenvalue weighted by atomic mass is 10.1. The van der Waals surface area contributed by atoms with Gasteiger partial charge in [-0.2, -0.15) is 0 Å². The third kappa shape index (κ3) is 2.62. The zero-order valence-corrected chi connectivity index (χ0v) is 10.1. The predicted octanol–water partition coefficient (Wildman–Crippen LogP) is 1.12. The van der Waals surface area contributed by atoms with Gasteiger partial charge in [0, 0.05) is 6.54 Å².